The van der Waals surface area contributed by atoms with E-state index in [1.165, 1.54) is 0 Å². The summed E-state index contributed by atoms with van der Waals surface area (Å²) in [6.07, 6.45) is 0. The van der Waals surface area contributed by atoms with Gasteiger partial charge in [-0.25, -0.2) is 0 Å². The lowest BCUT2D eigenvalue weighted by Crippen LogP contribution is -2.58. The predicted octanol–water partition coefficient (Wildman–Crippen LogP) is 5.70. The van der Waals surface area contributed by atoms with Gasteiger partial charge in [0.05, 0.1) is 48.6 Å². The summed E-state index contributed by atoms with van der Waals surface area (Å²) in [5.74, 6) is 0. The van der Waals surface area contributed by atoms with Crippen molar-refractivity contribution in [1.82, 2.24) is 0 Å². The molecule has 0 amide bonds. The third kappa shape index (κ3) is 3.64. The van der Waals surface area contributed by atoms with Gasteiger partial charge in [0, 0.05) is 45.8 Å². The number of hydrogen-bond donors (Lipinski definition) is 2. The first-order valence-electron chi connectivity index (χ1n) is 13.6. The number of nitrogens with zero attached hydrogens (tertiary/aromatic N) is 8. The predicted molar refractivity (Wildman–Crippen MR) is 159 cm³/mol. The highest BCUT2D eigenvalue weighted by Crippen LogP contribution is 2.74. The monoisotopic (exact) mass is 572 g/mol. The molecule has 0 spiro atoms. The van der Waals surface area contributed by atoms with E-state index in [-0.39, 0.29) is 34.4 Å². The number of hydrogen-bond acceptors (Lipinski definition) is 10. The second kappa shape index (κ2) is 10.7. The molecule has 44 heavy (non-hydrogen) atoms. The van der Waals surface area contributed by atoms with Crippen molar-refractivity contribution < 1.29 is 0 Å². The maximum atomic E-state index is 10.5. The van der Waals surface area contributed by atoms with Crippen molar-refractivity contribution in [3.05, 3.63) is 70.8 Å². The Hall–Kier alpha value is -6.56. The molecule has 2 aliphatic rings. The van der Waals surface area contributed by atoms with E-state index in [2.05, 4.69) is 10.6 Å². The third-order valence-corrected chi connectivity index (χ3v) is 7.97. The van der Waals surface area contributed by atoms with Gasteiger partial charge in [-0.05, 0) is 63.1 Å². The van der Waals surface area contributed by atoms with Crippen LogP contribution in [-0.2, 0) is 0 Å². The zero-order chi connectivity index (χ0) is 32.5. The number of benzene rings is 2. The van der Waals surface area contributed by atoms with Gasteiger partial charge in [-0.15, -0.1) is 0 Å². The van der Waals surface area contributed by atoms with E-state index < -0.39 is 21.7 Å². The summed E-state index contributed by atoms with van der Waals surface area (Å²) in [4.78, 5) is 0. The molecule has 0 saturated carbocycles. The van der Waals surface area contributed by atoms with E-state index >= 15 is 0 Å². The smallest absolute Gasteiger partial charge is 0.205 e. The highest BCUT2D eigenvalue weighted by atomic mass is 14.9. The molecule has 2 aromatic rings. The molecule has 0 aromatic heterocycles. The average molecular weight is 573 g/mol. The van der Waals surface area contributed by atoms with Crippen LogP contribution in [0.3, 0.4) is 0 Å². The maximum Gasteiger partial charge on any atom is 0.205 e. The van der Waals surface area contributed by atoms with Crippen LogP contribution < -0.4 is 10.6 Å². The lowest BCUT2D eigenvalue weighted by Gasteiger charge is -2.54. The van der Waals surface area contributed by atoms with Gasteiger partial charge in [-0.3, -0.25) is 0 Å². The first-order valence-corrected chi connectivity index (χ1v) is 13.6. The summed E-state index contributed by atoms with van der Waals surface area (Å²) >= 11 is 0. The van der Waals surface area contributed by atoms with E-state index in [4.69, 9.17) is 0 Å². The minimum absolute atomic E-state index is 0.0355. The first kappa shape index (κ1) is 30.4. The fourth-order valence-corrected chi connectivity index (χ4v) is 6.07. The lowest BCUT2D eigenvalue weighted by atomic mass is 9.37. The van der Waals surface area contributed by atoms with Gasteiger partial charge in [0.15, 0.2) is 0 Å². The Morgan fingerprint density at radius 2 is 0.636 bits per heavy atom. The van der Waals surface area contributed by atoms with Crippen molar-refractivity contribution in [2.45, 2.75) is 39.8 Å². The van der Waals surface area contributed by atoms with E-state index in [1.807, 2.05) is 76.2 Å². The molecular formula is C34H24N10. The van der Waals surface area contributed by atoms with Crippen LogP contribution in [0.25, 0.3) is 11.1 Å². The Bertz CT molecular complexity index is 1750. The second-order valence-electron chi connectivity index (χ2n) is 11.1. The van der Waals surface area contributed by atoms with Gasteiger partial charge < -0.3 is 10.6 Å². The molecule has 0 heterocycles. The molecule has 4 rings (SSSR count). The Kier molecular flexibility index (Phi) is 7.38. The zero-order valence-corrected chi connectivity index (χ0v) is 24.4. The number of nitriles is 8. The quantitative estimate of drug-likeness (QED) is 0.412. The molecule has 2 aromatic carbocycles. The molecule has 0 atom stereocenters. The van der Waals surface area contributed by atoms with Crippen LogP contribution in [0.1, 0.15) is 38.8 Å². The minimum Gasteiger partial charge on any atom is -0.383 e. The summed E-state index contributed by atoms with van der Waals surface area (Å²) < 4.78 is 0. The largest absolute Gasteiger partial charge is 0.383 e. The average Bonchev–Trinajstić information content (AvgIpc) is 3.01. The zero-order valence-electron chi connectivity index (χ0n) is 24.4. The minimum atomic E-state index is -2.45. The van der Waals surface area contributed by atoms with Gasteiger partial charge in [0.1, 0.15) is 0 Å². The van der Waals surface area contributed by atoms with Crippen LogP contribution in [-0.4, -0.2) is 12.1 Å². The molecule has 0 bridgehead atoms. The fourth-order valence-electron chi connectivity index (χ4n) is 6.07. The van der Waals surface area contributed by atoms with Gasteiger partial charge in [0.2, 0.25) is 21.7 Å². The standard InChI is InChI=1S/C34H24N10/c1-21(2)43-25-9-5-23(6-10-25)27-29(33(17-39,18-40)31(27,13-35)14-36)30-28(24-7-11-26(12-8-24)44-22(3)4)32(15-37,16-38)34(30,19-41)20-42/h5-12,21-22,43-44H,1-4H3. The van der Waals surface area contributed by atoms with Crippen molar-refractivity contribution >= 4 is 22.5 Å². The molecule has 210 valence electrons. The summed E-state index contributed by atoms with van der Waals surface area (Å²) in [6, 6.07) is 28.3. The first-order chi connectivity index (χ1) is 21.0. The highest BCUT2D eigenvalue weighted by molar-refractivity contribution is 6.03. The van der Waals surface area contributed by atoms with Crippen LogP contribution in [0.4, 0.5) is 11.4 Å². The van der Waals surface area contributed by atoms with Crippen molar-refractivity contribution in [3.63, 3.8) is 0 Å². The molecule has 0 aliphatic heterocycles. The van der Waals surface area contributed by atoms with Crippen LogP contribution in [0.5, 0.6) is 0 Å². The number of allylic oxidation sites excluding steroid dienone is 4. The topological polar surface area (TPSA) is 214 Å². The Morgan fingerprint density at radius 3 is 0.841 bits per heavy atom. The van der Waals surface area contributed by atoms with Crippen molar-refractivity contribution in [2.24, 2.45) is 21.7 Å². The SMILES string of the molecule is CC(C)Nc1ccc(C2=C(C3=C(c4ccc(NC(C)C)cc4)C(C#N)(C#N)C3(C#N)C#N)C(C#N)(C#N)C2(C#N)C#N)cc1. The van der Waals surface area contributed by atoms with E-state index in [1.54, 1.807) is 48.5 Å². The van der Waals surface area contributed by atoms with E-state index in [9.17, 15) is 42.1 Å². The third-order valence-electron chi connectivity index (χ3n) is 7.97. The molecule has 0 unspecified atom stereocenters. The Morgan fingerprint density at radius 1 is 0.409 bits per heavy atom. The van der Waals surface area contributed by atoms with Gasteiger partial charge in [-0.2, -0.15) is 42.1 Å². The summed E-state index contributed by atoms with van der Waals surface area (Å²) in [6.45, 7) is 7.78. The normalized spacial score (nSPS) is 17.9. The van der Waals surface area contributed by atoms with E-state index in [0.29, 0.717) is 11.1 Å². The van der Waals surface area contributed by atoms with Gasteiger partial charge in [-0.1, -0.05) is 24.3 Å². The molecule has 10 heteroatoms. The van der Waals surface area contributed by atoms with Gasteiger partial charge in [0.25, 0.3) is 0 Å². The second-order valence-corrected chi connectivity index (χ2v) is 11.1. The Labute approximate surface area is 255 Å². The van der Waals surface area contributed by atoms with Crippen LogP contribution in [0, 0.1) is 112 Å². The fraction of sp³-hybridized carbons (Fsp3) is 0.294. The number of nitrogens with one attached hydrogen (secondary N) is 2. The Balaban J connectivity index is 2.21. The molecular weight excluding hydrogens is 548 g/mol. The molecule has 10 nitrogen and oxygen atoms in total. The molecule has 2 N–H and O–H groups in total. The van der Waals surface area contributed by atoms with Crippen molar-refractivity contribution in [1.29, 1.82) is 42.1 Å². The van der Waals surface area contributed by atoms with Crippen LogP contribution in [0.15, 0.2) is 59.7 Å². The number of rotatable bonds is 7. The summed E-state index contributed by atoms with van der Waals surface area (Å²) in [7, 11) is 0. The van der Waals surface area contributed by atoms with Crippen LogP contribution >= 0.6 is 0 Å². The number of anilines is 2. The van der Waals surface area contributed by atoms with Crippen molar-refractivity contribution in [2.75, 3.05) is 10.6 Å². The highest BCUT2D eigenvalue weighted by Gasteiger charge is 2.77. The lowest BCUT2D eigenvalue weighted by molar-refractivity contribution is 0.337. The van der Waals surface area contributed by atoms with Crippen LogP contribution in [0.2, 0.25) is 0 Å². The van der Waals surface area contributed by atoms with E-state index in [0.717, 1.165) is 11.4 Å². The molecule has 0 fully saturated rings. The maximum absolute atomic E-state index is 10.5. The molecule has 0 saturated heterocycles. The molecule has 2 aliphatic carbocycles. The van der Waals surface area contributed by atoms with Gasteiger partial charge >= 0.3 is 0 Å². The summed E-state index contributed by atoms with van der Waals surface area (Å²) in [5, 5.41) is 89.9. The van der Waals surface area contributed by atoms with Crippen molar-refractivity contribution in [3.8, 4) is 48.6 Å². The molecule has 0 radical (unpaired) electrons. The summed E-state index contributed by atoms with van der Waals surface area (Å²) in [5.41, 5.74) is -7.91.